The number of likely N-dealkylation sites (tertiary alicyclic amines) is 1. The average Bonchev–Trinajstić information content (AvgIpc) is 3.28. The lowest BCUT2D eigenvalue weighted by Crippen LogP contribution is -2.33. The van der Waals surface area contributed by atoms with Gasteiger partial charge in [-0.2, -0.15) is 5.10 Å². The first-order chi connectivity index (χ1) is 13.2. The molecule has 0 spiro atoms. The topological polar surface area (TPSA) is 51.0 Å². The molecule has 0 radical (unpaired) electrons. The molecule has 1 atom stereocenters. The fourth-order valence-electron chi connectivity index (χ4n) is 3.87. The Hall–Kier alpha value is -2.69. The van der Waals surface area contributed by atoms with Crippen LogP contribution in [0.4, 0.5) is 0 Å². The molecule has 2 aromatic heterocycles. The van der Waals surface area contributed by atoms with Crippen molar-refractivity contribution in [1.29, 1.82) is 0 Å². The third-order valence-corrected chi connectivity index (χ3v) is 5.58. The molecular formula is C23H28N4O. The van der Waals surface area contributed by atoms with E-state index in [1.54, 1.807) is 0 Å². The Morgan fingerprint density at radius 3 is 2.64 bits per heavy atom. The number of nitrogens with zero attached hydrogens (tertiary/aromatic N) is 4. The van der Waals surface area contributed by atoms with Gasteiger partial charge in [-0.05, 0) is 65.2 Å². The Morgan fingerprint density at radius 2 is 2.00 bits per heavy atom. The first kappa shape index (κ1) is 18.7. The molecule has 0 saturated carbocycles. The molecule has 0 N–H and O–H groups in total. The SMILES string of the molecule is Cc1ccc2c(C(=O)N3CCC[C@@H]3C)cc(-c3cnn(C(C)(C)C)c3)nc2c1. The van der Waals surface area contributed by atoms with Crippen LogP contribution >= 0.6 is 0 Å². The van der Waals surface area contributed by atoms with Crippen LogP contribution in [-0.4, -0.2) is 38.2 Å². The van der Waals surface area contributed by atoms with E-state index in [1.165, 1.54) is 0 Å². The maximum Gasteiger partial charge on any atom is 0.254 e. The van der Waals surface area contributed by atoms with Crippen molar-refractivity contribution in [2.45, 2.75) is 59.0 Å². The van der Waals surface area contributed by atoms with Crippen LogP contribution in [0.2, 0.25) is 0 Å². The molecule has 3 heterocycles. The number of rotatable bonds is 2. The van der Waals surface area contributed by atoms with Gasteiger partial charge in [-0.25, -0.2) is 4.98 Å². The number of aryl methyl sites for hydroxylation is 1. The second kappa shape index (κ2) is 6.73. The Morgan fingerprint density at radius 1 is 1.21 bits per heavy atom. The largest absolute Gasteiger partial charge is 0.336 e. The minimum atomic E-state index is -0.102. The Kier molecular flexibility index (Phi) is 4.48. The second-order valence-corrected chi connectivity index (χ2v) is 8.91. The molecule has 1 saturated heterocycles. The van der Waals surface area contributed by atoms with E-state index in [1.807, 2.05) is 40.2 Å². The highest BCUT2D eigenvalue weighted by Crippen LogP contribution is 2.29. The molecule has 3 aromatic rings. The highest BCUT2D eigenvalue weighted by atomic mass is 16.2. The smallest absolute Gasteiger partial charge is 0.254 e. The van der Waals surface area contributed by atoms with Gasteiger partial charge in [0.25, 0.3) is 5.91 Å². The molecule has 1 fully saturated rings. The van der Waals surface area contributed by atoms with Gasteiger partial charge < -0.3 is 4.90 Å². The lowest BCUT2D eigenvalue weighted by molar-refractivity contribution is 0.0749. The van der Waals surface area contributed by atoms with E-state index in [0.717, 1.165) is 52.7 Å². The number of pyridine rings is 1. The van der Waals surface area contributed by atoms with Gasteiger partial charge in [0.1, 0.15) is 0 Å². The van der Waals surface area contributed by atoms with Crippen LogP contribution in [0.3, 0.4) is 0 Å². The van der Waals surface area contributed by atoms with Crippen molar-refractivity contribution in [2.75, 3.05) is 6.54 Å². The van der Waals surface area contributed by atoms with Crippen LogP contribution in [0.15, 0.2) is 36.7 Å². The molecule has 0 bridgehead atoms. The summed E-state index contributed by atoms with van der Waals surface area (Å²) in [6.45, 7) is 11.4. The molecule has 5 heteroatoms. The third-order valence-electron chi connectivity index (χ3n) is 5.58. The molecule has 0 aliphatic carbocycles. The molecule has 1 aromatic carbocycles. The molecule has 28 heavy (non-hydrogen) atoms. The number of carbonyl (C=O) groups excluding carboxylic acids is 1. The second-order valence-electron chi connectivity index (χ2n) is 8.91. The van der Waals surface area contributed by atoms with Gasteiger partial charge in [0.05, 0.1) is 28.5 Å². The van der Waals surface area contributed by atoms with E-state index in [2.05, 4.69) is 45.8 Å². The quantitative estimate of drug-likeness (QED) is 0.646. The summed E-state index contributed by atoms with van der Waals surface area (Å²) >= 11 is 0. The highest BCUT2D eigenvalue weighted by molar-refractivity contribution is 6.07. The minimum Gasteiger partial charge on any atom is -0.336 e. The van der Waals surface area contributed by atoms with Crippen LogP contribution in [0.5, 0.6) is 0 Å². The lowest BCUT2D eigenvalue weighted by Gasteiger charge is -2.22. The Balaban J connectivity index is 1.86. The normalized spacial score (nSPS) is 17.5. The lowest BCUT2D eigenvalue weighted by atomic mass is 10.0. The number of hydrogen-bond acceptors (Lipinski definition) is 3. The monoisotopic (exact) mass is 376 g/mol. The van der Waals surface area contributed by atoms with Gasteiger partial charge in [0.15, 0.2) is 0 Å². The first-order valence-electron chi connectivity index (χ1n) is 10.0. The van der Waals surface area contributed by atoms with Gasteiger partial charge in [0, 0.05) is 29.7 Å². The number of amides is 1. The van der Waals surface area contributed by atoms with Crippen molar-refractivity contribution in [1.82, 2.24) is 19.7 Å². The van der Waals surface area contributed by atoms with E-state index in [9.17, 15) is 4.79 Å². The zero-order valence-corrected chi connectivity index (χ0v) is 17.4. The summed E-state index contributed by atoms with van der Waals surface area (Å²) < 4.78 is 1.94. The Labute approximate surface area is 166 Å². The highest BCUT2D eigenvalue weighted by Gasteiger charge is 2.28. The average molecular weight is 377 g/mol. The molecule has 1 amide bonds. The predicted octanol–water partition coefficient (Wildman–Crippen LogP) is 4.79. The van der Waals surface area contributed by atoms with Crippen LogP contribution in [0.1, 0.15) is 56.5 Å². The van der Waals surface area contributed by atoms with Crippen molar-refractivity contribution in [3.05, 3.63) is 47.8 Å². The zero-order valence-electron chi connectivity index (χ0n) is 17.4. The number of aromatic nitrogens is 3. The van der Waals surface area contributed by atoms with Crippen molar-refractivity contribution >= 4 is 16.8 Å². The van der Waals surface area contributed by atoms with Crippen LogP contribution in [0.25, 0.3) is 22.2 Å². The van der Waals surface area contributed by atoms with E-state index in [0.29, 0.717) is 0 Å². The number of carbonyl (C=O) groups is 1. The van der Waals surface area contributed by atoms with Crippen molar-refractivity contribution < 1.29 is 4.79 Å². The summed E-state index contributed by atoms with van der Waals surface area (Å²) in [5, 5.41) is 5.43. The van der Waals surface area contributed by atoms with Gasteiger partial charge in [-0.3, -0.25) is 9.48 Å². The molecule has 146 valence electrons. The van der Waals surface area contributed by atoms with Gasteiger partial charge in [-0.15, -0.1) is 0 Å². The zero-order chi connectivity index (χ0) is 20.1. The van der Waals surface area contributed by atoms with Crippen LogP contribution in [0, 0.1) is 6.92 Å². The summed E-state index contributed by atoms with van der Waals surface area (Å²) in [4.78, 5) is 20.2. The maximum absolute atomic E-state index is 13.4. The molecular weight excluding hydrogens is 348 g/mol. The summed E-state index contributed by atoms with van der Waals surface area (Å²) in [5.41, 5.74) is 4.35. The van der Waals surface area contributed by atoms with Gasteiger partial charge >= 0.3 is 0 Å². The molecule has 4 rings (SSSR count). The third kappa shape index (κ3) is 3.30. The predicted molar refractivity (Wildman–Crippen MR) is 112 cm³/mol. The maximum atomic E-state index is 13.4. The molecule has 1 aliphatic rings. The van der Waals surface area contributed by atoms with Crippen molar-refractivity contribution in [3.8, 4) is 11.3 Å². The van der Waals surface area contributed by atoms with Gasteiger partial charge in [0.2, 0.25) is 0 Å². The molecule has 1 aliphatic heterocycles. The van der Waals surface area contributed by atoms with E-state index in [-0.39, 0.29) is 17.5 Å². The van der Waals surface area contributed by atoms with E-state index in [4.69, 9.17) is 4.98 Å². The van der Waals surface area contributed by atoms with Crippen LogP contribution < -0.4 is 0 Å². The Bertz CT molecular complexity index is 1040. The number of benzene rings is 1. The number of hydrogen-bond donors (Lipinski definition) is 0. The fourth-order valence-corrected chi connectivity index (χ4v) is 3.87. The summed E-state index contributed by atoms with van der Waals surface area (Å²) in [6.07, 6.45) is 5.98. The van der Waals surface area contributed by atoms with Crippen molar-refractivity contribution in [3.63, 3.8) is 0 Å². The minimum absolute atomic E-state index is 0.102. The fraction of sp³-hybridized carbons (Fsp3) is 0.435. The van der Waals surface area contributed by atoms with Crippen molar-refractivity contribution in [2.24, 2.45) is 0 Å². The van der Waals surface area contributed by atoms with E-state index < -0.39 is 0 Å². The molecule has 0 unspecified atom stereocenters. The molecule has 5 nitrogen and oxygen atoms in total. The number of fused-ring (bicyclic) bond motifs is 1. The summed E-state index contributed by atoms with van der Waals surface area (Å²) in [5.74, 6) is 0.103. The summed E-state index contributed by atoms with van der Waals surface area (Å²) in [7, 11) is 0. The van der Waals surface area contributed by atoms with Gasteiger partial charge in [-0.1, -0.05) is 12.1 Å². The standard InChI is InChI=1S/C23H28N4O/c1-15-8-9-18-19(22(28)26-10-6-7-16(26)2)12-20(25-21(18)11-15)17-13-24-27(14-17)23(3,4)5/h8-9,11-14,16H,6-7,10H2,1-5H3/t16-/m0/s1. The van der Waals surface area contributed by atoms with E-state index >= 15 is 0 Å². The van der Waals surface area contributed by atoms with Crippen LogP contribution in [-0.2, 0) is 5.54 Å². The summed E-state index contributed by atoms with van der Waals surface area (Å²) in [6, 6.07) is 8.35. The first-order valence-corrected chi connectivity index (χ1v) is 10.0.